The molecule has 2 fully saturated rings. The SMILES string of the molecule is O=C(Cc1csc(NC(=O)CN(C(=O)c2ccc(F)cc2)C2CC2)n1)NCCN1CCCCC1. The minimum Gasteiger partial charge on any atom is -0.354 e. The van der Waals surface area contributed by atoms with Gasteiger partial charge in [0, 0.05) is 30.1 Å². The predicted molar refractivity (Wildman–Crippen MR) is 128 cm³/mol. The Kier molecular flexibility index (Phi) is 8.23. The molecule has 3 amide bonds. The molecule has 1 aliphatic carbocycles. The largest absolute Gasteiger partial charge is 0.354 e. The van der Waals surface area contributed by atoms with E-state index < -0.39 is 5.82 Å². The van der Waals surface area contributed by atoms with Gasteiger partial charge in [-0.3, -0.25) is 14.4 Å². The van der Waals surface area contributed by atoms with Crippen molar-refractivity contribution >= 4 is 34.2 Å². The number of hydrogen-bond acceptors (Lipinski definition) is 6. The van der Waals surface area contributed by atoms with Crippen LogP contribution in [0.5, 0.6) is 0 Å². The zero-order chi connectivity index (χ0) is 23.9. The second kappa shape index (κ2) is 11.5. The van der Waals surface area contributed by atoms with Crippen LogP contribution in [-0.2, 0) is 16.0 Å². The summed E-state index contributed by atoms with van der Waals surface area (Å²) in [6.45, 7) is 3.56. The van der Waals surface area contributed by atoms with Crippen LogP contribution in [0.15, 0.2) is 29.6 Å². The molecule has 0 bridgehead atoms. The van der Waals surface area contributed by atoms with Gasteiger partial charge in [0.15, 0.2) is 5.13 Å². The molecule has 0 atom stereocenters. The van der Waals surface area contributed by atoms with Crippen molar-refractivity contribution in [1.82, 2.24) is 20.1 Å². The monoisotopic (exact) mass is 487 g/mol. The molecule has 4 rings (SSSR count). The molecule has 34 heavy (non-hydrogen) atoms. The first-order chi connectivity index (χ1) is 16.5. The fourth-order valence-electron chi connectivity index (χ4n) is 4.03. The highest BCUT2D eigenvalue weighted by Crippen LogP contribution is 2.28. The number of rotatable bonds is 10. The molecule has 182 valence electrons. The Morgan fingerprint density at radius 1 is 1.09 bits per heavy atom. The van der Waals surface area contributed by atoms with E-state index in [4.69, 9.17) is 0 Å². The molecule has 1 aromatic carbocycles. The Morgan fingerprint density at radius 3 is 2.53 bits per heavy atom. The van der Waals surface area contributed by atoms with Crippen molar-refractivity contribution in [2.75, 3.05) is 38.0 Å². The smallest absolute Gasteiger partial charge is 0.254 e. The molecule has 2 aliphatic rings. The average molecular weight is 488 g/mol. The Balaban J connectivity index is 1.23. The molecule has 1 aliphatic heterocycles. The van der Waals surface area contributed by atoms with Crippen LogP contribution in [-0.4, -0.2) is 71.3 Å². The van der Waals surface area contributed by atoms with Crippen molar-refractivity contribution < 1.29 is 18.8 Å². The molecule has 8 nitrogen and oxygen atoms in total. The van der Waals surface area contributed by atoms with E-state index in [-0.39, 0.29) is 36.7 Å². The van der Waals surface area contributed by atoms with Crippen LogP contribution in [0.4, 0.5) is 9.52 Å². The van der Waals surface area contributed by atoms with Crippen molar-refractivity contribution in [2.24, 2.45) is 0 Å². The highest BCUT2D eigenvalue weighted by Gasteiger charge is 2.34. The van der Waals surface area contributed by atoms with Gasteiger partial charge in [-0.1, -0.05) is 6.42 Å². The number of nitrogens with one attached hydrogen (secondary N) is 2. The van der Waals surface area contributed by atoms with Gasteiger partial charge >= 0.3 is 0 Å². The topological polar surface area (TPSA) is 94.6 Å². The summed E-state index contributed by atoms with van der Waals surface area (Å²) in [5.74, 6) is -1.15. The standard InChI is InChI=1S/C24H30FN5O3S/c25-18-6-4-17(5-7-18)23(33)30(20-8-9-20)15-22(32)28-24-27-19(16-34-24)14-21(31)26-10-13-29-11-2-1-3-12-29/h4-7,16,20H,1-3,8-15H2,(H,26,31)(H,27,28,32). The number of carbonyl (C=O) groups is 3. The summed E-state index contributed by atoms with van der Waals surface area (Å²) in [6, 6.07) is 5.34. The minimum absolute atomic E-state index is 0.0174. The van der Waals surface area contributed by atoms with Gasteiger partial charge in [0.25, 0.3) is 5.91 Å². The number of piperidine rings is 1. The third-order valence-corrected chi connectivity index (χ3v) is 6.80. The first-order valence-electron chi connectivity index (χ1n) is 11.8. The lowest BCUT2D eigenvalue weighted by molar-refractivity contribution is -0.120. The van der Waals surface area contributed by atoms with E-state index in [1.54, 1.807) is 5.38 Å². The van der Waals surface area contributed by atoms with Crippen LogP contribution in [0.3, 0.4) is 0 Å². The maximum atomic E-state index is 13.2. The van der Waals surface area contributed by atoms with Gasteiger partial charge < -0.3 is 20.4 Å². The molecular weight excluding hydrogens is 457 g/mol. The number of amides is 3. The molecule has 0 radical (unpaired) electrons. The van der Waals surface area contributed by atoms with Crippen LogP contribution in [0.1, 0.15) is 48.2 Å². The lowest BCUT2D eigenvalue weighted by Crippen LogP contribution is -2.39. The van der Waals surface area contributed by atoms with Crippen molar-refractivity contribution in [2.45, 2.75) is 44.6 Å². The van der Waals surface area contributed by atoms with E-state index in [0.717, 1.165) is 32.5 Å². The average Bonchev–Trinajstić information content (AvgIpc) is 3.58. The summed E-state index contributed by atoms with van der Waals surface area (Å²) in [4.78, 5) is 45.8. The first kappa shape index (κ1) is 24.3. The second-order valence-corrected chi connectivity index (χ2v) is 9.65. The number of hydrogen-bond donors (Lipinski definition) is 2. The second-order valence-electron chi connectivity index (χ2n) is 8.79. The molecule has 1 saturated heterocycles. The number of thiazole rings is 1. The fraction of sp³-hybridized carbons (Fsp3) is 0.500. The predicted octanol–water partition coefficient (Wildman–Crippen LogP) is 2.67. The molecule has 0 spiro atoms. The Bertz CT molecular complexity index is 1000. The maximum Gasteiger partial charge on any atom is 0.254 e. The minimum atomic E-state index is -0.414. The molecule has 2 heterocycles. The van der Waals surface area contributed by atoms with E-state index in [1.807, 2.05) is 0 Å². The van der Waals surface area contributed by atoms with Gasteiger partial charge in [-0.25, -0.2) is 9.37 Å². The van der Waals surface area contributed by atoms with Crippen LogP contribution >= 0.6 is 11.3 Å². The van der Waals surface area contributed by atoms with Crippen LogP contribution < -0.4 is 10.6 Å². The van der Waals surface area contributed by atoms with Gasteiger partial charge in [0.2, 0.25) is 11.8 Å². The maximum absolute atomic E-state index is 13.2. The van der Waals surface area contributed by atoms with Crippen molar-refractivity contribution in [3.63, 3.8) is 0 Å². The van der Waals surface area contributed by atoms with Crippen LogP contribution in [0.25, 0.3) is 0 Å². The molecule has 2 N–H and O–H groups in total. The molecule has 0 unspecified atom stereocenters. The summed E-state index contributed by atoms with van der Waals surface area (Å²) < 4.78 is 13.2. The molecule has 2 aromatic rings. The Labute approximate surface area is 202 Å². The van der Waals surface area contributed by atoms with Crippen LogP contribution in [0, 0.1) is 5.82 Å². The number of carbonyl (C=O) groups excluding carboxylic acids is 3. The molecule has 10 heteroatoms. The number of nitrogens with zero attached hydrogens (tertiary/aromatic N) is 3. The Hall–Kier alpha value is -2.85. The third-order valence-electron chi connectivity index (χ3n) is 5.99. The van der Waals surface area contributed by atoms with Crippen LogP contribution in [0.2, 0.25) is 0 Å². The summed E-state index contributed by atoms with van der Waals surface area (Å²) in [7, 11) is 0. The number of halogens is 1. The van der Waals surface area contributed by atoms with E-state index in [9.17, 15) is 18.8 Å². The molecule has 1 aromatic heterocycles. The van der Waals surface area contributed by atoms with E-state index >= 15 is 0 Å². The quantitative estimate of drug-likeness (QED) is 0.537. The third kappa shape index (κ3) is 7.07. The fourth-order valence-corrected chi connectivity index (χ4v) is 4.76. The van der Waals surface area contributed by atoms with Gasteiger partial charge in [0.05, 0.1) is 12.1 Å². The van der Waals surface area contributed by atoms with Gasteiger partial charge in [-0.05, 0) is 63.0 Å². The summed E-state index contributed by atoms with van der Waals surface area (Å²) in [5.41, 5.74) is 0.946. The summed E-state index contributed by atoms with van der Waals surface area (Å²) in [6.07, 6.45) is 5.57. The molecular formula is C24H30FN5O3S. The highest BCUT2D eigenvalue weighted by atomic mass is 32.1. The summed E-state index contributed by atoms with van der Waals surface area (Å²) in [5, 5.41) is 7.81. The lowest BCUT2D eigenvalue weighted by Gasteiger charge is -2.26. The van der Waals surface area contributed by atoms with Gasteiger partial charge in [-0.2, -0.15) is 0 Å². The number of likely N-dealkylation sites (tertiary alicyclic amines) is 1. The van der Waals surface area contributed by atoms with Gasteiger partial charge in [-0.15, -0.1) is 11.3 Å². The Morgan fingerprint density at radius 2 is 1.82 bits per heavy atom. The van der Waals surface area contributed by atoms with E-state index in [2.05, 4.69) is 20.5 Å². The highest BCUT2D eigenvalue weighted by molar-refractivity contribution is 7.13. The first-order valence-corrected chi connectivity index (χ1v) is 12.7. The van der Waals surface area contributed by atoms with Crippen molar-refractivity contribution in [3.8, 4) is 0 Å². The van der Waals surface area contributed by atoms with Crippen molar-refractivity contribution in [3.05, 3.63) is 46.7 Å². The zero-order valence-corrected chi connectivity index (χ0v) is 19.9. The summed E-state index contributed by atoms with van der Waals surface area (Å²) >= 11 is 1.25. The van der Waals surface area contributed by atoms with E-state index in [0.29, 0.717) is 22.9 Å². The number of benzene rings is 1. The molecule has 1 saturated carbocycles. The van der Waals surface area contributed by atoms with Gasteiger partial charge in [0.1, 0.15) is 12.4 Å². The lowest BCUT2D eigenvalue weighted by atomic mass is 10.1. The number of anilines is 1. The normalized spacial score (nSPS) is 16.1. The zero-order valence-electron chi connectivity index (χ0n) is 19.1. The van der Waals surface area contributed by atoms with Crippen molar-refractivity contribution in [1.29, 1.82) is 0 Å². The van der Waals surface area contributed by atoms with E-state index in [1.165, 1.54) is 59.8 Å². The number of aromatic nitrogens is 1.